The first kappa shape index (κ1) is 15.1. The van der Waals surface area contributed by atoms with Gasteiger partial charge in [0.25, 0.3) is 0 Å². The summed E-state index contributed by atoms with van der Waals surface area (Å²) in [5, 5.41) is 12.2. The van der Waals surface area contributed by atoms with Crippen molar-refractivity contribution in [1.82, 2.24) is 4.98 Å². The number of carbonyl (C=O) groups excluding carboxylic acids is 1. The maximum absolute atomic E-state index is 11.5. The van der Waals surface area contributed by atoms with Gasteiger partial charge in [0.05, 0.1) is 11.5 Å². The number of carboxylic acids is 1. The summed E-state index contributed by atoms with van der Waals surface area (Å²) in [5.74, 6) is -1.08. The van der Waals surface area contributed by atoms with Crippen molar-refractivity contribution in [3.05, 3.63) is 41.1 Å². The number of carboxylic acid groups (broad SMARTS) is 1. The molecular weight excluding hydrogens is 265 g/mol. The fourth-order valence-corrected chi connectivity index (χ4v) is 2.78. The summed E-state index contributed by atoms with van der Waals surface area (Å²) < 4.78 is 0. The van der Waals surface area contributed by atoms with Crippen LogP contribution in [0.2, 0.25) is 0 Å². The Balaban J connectivity index is 0.00000133. The minimum atomic E-state index is -1.08. The number of carbonyl (C=O) groups is 1. The van der Waals surface area contributed by atoms with Crippen LogP contribution in [0.25, 0.3) is 10.9 Å². The quantitative estimate of drug-likeness (QED) is 0.490. The van der Waals surface area contributed by atoms with Crippen LogP contribution in [0, 0.1) is 0 Å². The summed E-state index contributed by atoms with van der Waals surface area (Å²) in [6.07, 6.45) is 4.94. The Hall–Kier alpha value is -0.264. The number of aromatic carboxylic acids is 1. The van der Waals surface area contributed by atoms with Gasteiger partial charge in [0.2, 0.25) is 0 Å². The van der Waals surface area contributed by atoms with E-state index in [2.05, 4.69) is 4.98 Å². The van der Waals surface area contributed by atoms with E-state index in [4.69, 9.17) is 0 Å². The second kappa shape index (κ2) is 6.46. The molecule has 4 heteroatoms. The van der Waals surface area contributed by atoms with Crippen LogP contribution in [0.3, 0.4) is 0 Å². The SMILES string of the molecule is O=C([O-])c1c2c(nc3ccccc13)CCCCC2.[K+]. The van der Waals surface area contributed by atoms with Crippen LogP contribution in [0.5, 0.6) is 0 Å². The van der Waals surface area contributed by atoms with Crippen LogP contribution in [0.1, 0.15) is 40.9 Å². The van der Waals surface area contributed by atoms with E-state index in [-0.39, 0.29) is 51.4 Å². The number of para-hydroxylation sites is 1. The van der Waals surface area contributed by atoms with Gasteiger partial charge in [-0.05, 0) is 37.3 Å². The zero-order valence-corrected chi connectivity index (χ0v) is 14.2. The number of pyridine rings is 1. The molecule has 1 aliphatic carbocycles. The van der Waals surface area contributed by atoms with Crippen LogP contribution in [-0.4, -0.2) is 11.0 Å². The molecule has 0 saturated carbocycles. The Kier molecular flexibility index (Phi) is 5.14. The maximum atomic E-state index is 11.5. The average molecular weight is 279 g/mol. The fraction of sp³-hybridized carbons (Fsp3) is 0.333. The molecule has 19 heavy (non-hydrogen) atoms. The summed E-state index contributed by atoms with van der Waals surface area (Å²) in [5.41, 5.74) is 2.96. The number of aromatic nitrogens is 1. The van der Waals surface area contributed by atoms with Crippen molar-refractivity contribution in [3.8, 4) is 0 Å². The van der Waals surface area contributed by atoms with E-state index in [1.54, 1.807) is 0 Å². The Labute approximate surface area is 154 Å². The van der Waals surface area contributed by atoms with E-state index in [1.165, 1.54) is 0 Å². The Bertz CT molecular complexity index is 625. The molecule has 0 bridgehead atoms. The molecule has 3 nitrogen and oxygen atoms in total. The third kappa shape index (κ3) is 2.93. The molecule has 1 heterocycles. The minimum absolute atomic E-state index is 0. The number of aryl methyl sites for hydroxylation is 1. The van der Waals surface area contributed by atoms with Crippen molar-refractivity contribution in [2.75, 3.05) is 0 Å². The molecule has 0 fully saturated rings. The summed E-state index contributed by atoms with van der Waals surface area (Å²) in [6.45, 7) is 0. The first-order valence-electron chi connectivity index (χ1n) is 6.39. The monoisotopic (exact) mass is 279 g/mol. The van der Waals surface area contributed by atoms with Crippen molar-refractivity contribution in [1.29, 1.82) is 0 Å². The molecule has 0 saturated heterocycles. The van der Waals surface area contributed by atoms with Gasteiger partial charge in [-0.3, -0.25) is 4.98 Å². The summed E-state index contributed by atoms with van der Waals surface area (Å²) in [7, 11) is 0. The summed E-state index contributed by atoms with van der Waals surface area (Å²) in [4.78, 5) is 16.1. The third-order valence-corrected chi connectivity index (χ3v) is 3.62. The van der Waals surface area contributed by atoms with Crippen LogP contribution in [0.4, 0.5) is 0 Å². The molecule has 0 aliphatic heterocycles. The topological polar surface area (TPSA) is 53.0 Å². The van der Waals surface area contributed by atoms with Gasteiger partial charge >= 0.3 is 51.4 Å². The predicted molar refractivity (Wildman–Crippen MR) is 67.3 cm³/mol. The molecule has 0 spiro atoms. The molecule has 0 amide bonds. The largest absolute Gasteiger partial charge is 1.00 e. The first-order chi connectivity index (χ1) is 8.77. The number of nitrogens with zero attached hydrogens (tertiary/aromatic N) is 1. The smallest absolute Gasteiger partial charge is 0.545 e. The normalized spacial score (nSPS) is 14.3. The number of hydrogen-bond donors (Lipinski definition) is 0. The van der Waals surface area contributed by atoms with Crippen molar-refractivity contribution >= 4 is 16.9 Å². The molecule has 1 aromatic carbocycles. The number of hydrogen-bond acceptors (Lipinski definition) is 3. The van der Waals surface area contributed by atoms with Crippen molar-refractivity contribution in [2.45, 2.75) is 32.1 Å². The summed E-state index contributed by atoms with van der Waals surface area (Å²) >= 11 is 0. The van der Waals surface area contributed by atoms with Crippen LogP contribution >= 0.6 is 0 Å². The van der Waals surface area contributed by atoms with Crippen molar-refractivity contribution < 1.29 is 61.3 Å². The fourth-order valence-electron chi connectivity index (χ4n) is 2.78. The number of benzene rings is 1. The van der Waals surface area contributed by atoms with Gasteiger partial charge in [0, 0.05) is 16.6 Å². The second-order valence-corrected chi connectivity index (χ2v) is 4.78. The Morgan fingerprint density at radius 1 is 1.11 bits per heavy atom. The number of fused-ring (bicyclic) bond motifs is 2. The zero-order chi connectivity index (χ0) is 12.5. The molecule has 0 N–H and O–H groups in total. The van der Waals surface area contributed by atoms with Crippen molar-refractivity contribution in [3.63, 3.8) is 0 Å². The van der Waals surface area contributed by atoms with Gasteiger partial charge in [-0.25, -0.2) is 0 Å². The van der Waals surface area contributed by atoms with Gasteiger partial charge in [-0.1, -0.05) is 24.6 Å². The molecule has 1 aliphatic rings. The van der Waals surface area contributed by atoms with E-state index in [1.807, 2.05) is 24.3 Å². The molecule has 0 unspecified atom stereocenters. The maximum Gasteiger partial charge on any atom is 1.00 e. The van der Waals surface area contributed by atoms with Gasteiger partial charge in [-0.15, -0.1) is 0 Å². The molecule has 1 aromatic heterocycles. The summed E-state index contributed by atoms with van der Waals surface area (Å²) in [6, 6.07) is 7.42. The van der Waals surface area contributed by atoms with E-state index in [0.717, 1.165) is 48.9 Å². The first-order valence-corrected chi connectivity index (χ1v) is 6.39. The van der Waals surface area contributed by atoms with Crippen molar-refractivity contribution in [2.24, 2.45) is 0 Å². The second-order valence-electron chi connectivity index (χ2n) is 4.78. The predicted octanol–water partition coefficient (Wildman–Crippen LogP) is -1.13. The molecular formula is C15H14KNO2. The van der Waals surface area contributed by atoms with Gasteiger partial charge < -0.3 is 9.90 Å². The molecule has 2 aromatic rings. The minimum Gasteiger partial charge on any atom is -0.545 e. The van der Waals surface area contributed by atoms with E-state index < -0.39 is 5.97 Å². The standard InChI is InChI=1S/C15H15NO2.K/c17-15(18)14-10-6-2-1-3-8-12(10)16-13-9-5-4-7-11(13)14;/h4-5,7,9H,1-3,6,8H2,(H,17,18);/q;+1/p-1. The average Bonchev–Trinajstić information content (AvgIpc) is 2.60. The molecule has 3 rings (SSSR count). The van der Waals surface area contributed by atoms with E-state index >= 15 is 0 Å². The molecule has 0 atom stereocenters. The van der Waals surface area contributed by atoms with Gasteiger partial charge in [-0.2, -0.15) is 0 Å². The third-order valence-electron chi connectivity index (χ3n) is 3.62. The van der Waals surface area contributed by atoms with Crippen LogP contribution in [-0.2, 0) is 12.8 Å². The van der Waals surface area contributed by atoms with Crippen LogP contribution < -0.4 is 56.5 Å². The Morgan fingerprint density at radius 3 is 2.63 bits per heavy atom. The van der Waals surface area contributed by atoms with E-state index in [9.17, 15) is 9.90 Å². The zero-order valence-electron chi connectivity index (χ0n) is 11.1. The molecule has 92 valence electrons. The van der Waals surface area contributed by atoms with Crippen LogP contribution in [0.15, 0.2) is 24.3 Å². The van der Waals surface area contributed by atoms with Gasteiger partial charge in [0.1, 0.15) is 0 Å². The van der Waals surface area contributed by atoms with Gasteiger partial charge in [0.15, 0.2) is 0 Å². The Morgan fingerprint density at radius 2 is 1.84 bits per heavy atom. The number of rotatable bonds is 1. The molecule has 0 radical (unpaired) electrons. The van der Waals surface area contributed by atoms with E-state index in [0.29, 0.717) is 10.9 Å².